The van der Waals surface area contributed by atoms with Crippen molar-refractivity contribution in [3.8, 4) is 0 Å². The van der Waals surface area contributed by atoms with Gasteiger partial charge < -0.3 is 0 Å². The number of amides is 2. The average molecular weight is 745 g/mol. The molecule has 0 aromatic heterocycles. The summed E-state index contributed by atoms with van der Waals surface area (Å²) in [6.45, 7) is 4.58. The van der Waals surface area contributed by atoms with E-state index in [2.05, 4.69) is 24.7 Å². The Morgan fingerprint density at radius 2 is 0.519 bits per heavy atom. The molecule has 54 heavy (non-hydrogen) atoms. The average Bonchev–Trinajstić information content (AvgIpc) is 3.20. The van der Waals surface area contributed by atoms with Crippen molar-refractivity contribution in [1.82, 2.24) is 10.9 Å². The van der Waals surface area contributed by atoms with Gasteiger partial charge in [0.1, 0.15) is 0 Å². The van der Waals surface area contributed by atoms with E-state index in [1.165, 1.54) is 217 Å². The van der Waals surface area contributed by atoms with E-state index >= 15 is 0 Å². The first-order valence-electron chi connectivity index (χ1n) is 23.4. The van der Waals surface area contributed by atoms with Crippen molar-refractivity contribution in [2.75, 3.05) is 0 Å². The number of hydrogen-bond donors (Lipinski definition) is 2. The predicted molar refractivity (Wildman–Crippen MR) is 234 cm³/mol. The van der Waals surface area contributed by atoms with Gasteiger partial charge in [-0.25, -0.2) is 0 Å². The highest BCUT2D eigenvalue weighted by Crippen LogP contribution is 2.17. The van der Waals surface area contributed by atoms with Gasteiger partial charge in [-0.2, -0.15) is 0 Å². The Hall–Kier alpha value is -2.62. The Morgan fingerprint density at radius 3 is 0.741 bits per heavy atom. The summed E-state index contributed by atoms with van der Waals surface area (Å²) in [5, 5.41) is 0. The van der Waals surface area contributed by atoms with E-state index in [1.807, 2.05) is 48.5 Å². The highest BCUT2D eigenvalue weighted by molar-refractivity contribution is 5.99. The minimum Gasteiger partial charge on any atom is -0.267 e. The lowest BCUT2D eigenvalue weighted by atomic mass is 10.0. The first-order chi connectivity index (χ1) is 26.6. The molecule has 2 aromatic rings. The summed E-state index contributed by atoms with van der Waals surface area (Å²) in [4.78, 5) is 25.3. The summed E-state index contributed by atoms with van der Waals surface area (Å²) in [6, 6.07) is 15.6. The van der Waals surface area contributed by atoms with Crippen molar-refractivity contribution in [3.63, 3.8) is 0 Å². The number of unbranched alkanes of at least 4 members (excludes halogenated alkanes) is 30. The lowest BCUT2D eigenvalue weighted by molar-refractivity contribution is 0.0846. The Labute approximate surface area is 334 Å². The highest BCUT2D eigenvalue weighted by atomic mass is 16.2. The molecule has 0 spiro atoms. The van der Waals surface area contributed by atoms with Crippen LogP contribution in [0.2, 0.25) is 0 Å². The Morgan fingerprint density at radius 1 is 0.315 bits per heavy atom. The van der Waals surface area contributed by atoms with E-state index in [4.69, 9.17) is 0 Å². The summed E-state index contributed by atoms with van der Waals surface area (Å²) in [7, 11) is 0. The Kier molecular flexibility index (Phi) is 30.7. The smallest absolute Gasteiger partial charge is 0.267 e. The molecular formula is C50H84N2O2. The molecule has 0 atom stereocenters. The fraction of sp³-hybridized carbons (Fsp3) is 0.720. The Balaban J connectivity index is 1.43. The van der Waals surface area contributed by atoms with E-state index in [0.717, 1.165) is 12.8 Å². The van der Waals surface area contributed by atoms with Crippen LogP contribution >= 0.6 is 0 Å². The molecule has 4 heteroatoms. The molecule has 0 aliphatic carbocycles. The summed E-state index contributed by atoms with van der Waals surface area (Å²) in [5.41, 5.74) is 8.80. The summed E-state index contributed by atoms with van der Waals surface area (Å²) in [5.74, 6) is -0.588. The lowest BCUT2D eigenvalue weighted by Crippen LogP contribution is -2.41. The normalized spacial score (nSPS) is 11.2. The number of hydrazine groups is 1. The predicted octanol–water partition coefficient (Wildman–Crippen LogP) is 15.4. The lowest BCUT2D eigenvalue weighted by Gasteiger charge is -2.09. The van der Waals surface area contributed by atoms with Gasteiger partial charge in [-0.3, -0.25) is 20.4 Å². The fourth-order valence-corrected chi connectivity index (χ4v) is 7.66. The van der Waals surface area contributed by atoms with Crippen molar-refractivity contribution >= 4 is 11.8 Å². The van der Waals surface area contributed by atoms with E-state index in [1.54, 1.807) is 0 Å². The molecule has 0 aliphatic rings. The second kappa shape index (κ2) is 34.8. The van der Waals surface area contributed by atoms with Crippen LogP contribution in [0.5, 0.6) is 0 Å². The molecule has 2 aromatic carbocycles. The molecular weight excluding hydrogens is 661 g/mol. The number of hydrogen-bond acceptors (Lipinski definition) is 2. The molecule has 0 aliphatic heterocycles. The van der Waals surface area contributed by atoms with E-state index in [0.29, 0.717) is 11.1 Å². The minimum absolute atomic E-state index is 0.294. The van der Waals surface area contributed by atoms with E-state index in [9.17, 15) is 9.59 Å². The van der Waals surface area contributed by atoms with Gasteiger partial charge in [0.15, 0.2) is 0 Å². The number of benzene rings is 2. The second-order valence-corrected chi connectivity index (χ2v) is 16.4. The number of nitrogens with one attached hydrogen (secondary N) is 2. The topological polar surface area (TPSA) is 58.2 Å². The molecule has 2 amide bonds. The zero-order chi connectivity index (χ0) is 38.6. The molecule has 0 radical (unpaired) electrons. The van der Waals surface area contributed by atoms with Gasteiger partial charge in [-0.1, -0.05) is 231 Å². The molecule has 0 saturated heterocycles. The second-order valence-electron chi connectivity index (χ2n) is 16.4. The van der Waals surface area contributed by atoms with Crippen LogP contribution in [-0.2, 0) is 12.8 Å². The van der Waals surface area contributed by atoms with Crippen LogP contribution in [-0.4, -0.2) is 11.8 Å². The van der Waals surface area contributed by atoms with Crippen molar-refractivity contribution in [2.45, 2.75) is 232 Å². The maximum absolute atomic E-state index is 12.7. The van der Waals surface area contributed by atoms with Crippen LogP contribution < -0.4 is 10.9 Å². The van der Waals surface area contributed by atoms with Crippen molar-refractivity contribution in [3.05, 3.63) is 70.8 Å². The van der Waals surface area contributed by atoms with Crippen LogP contribution in [0.25, 0.3) is 0 Å². The van der Waals surface area contributed by atoms with Crippen LogP contribution in [0.3, 0.4) is 0 Å². The molecule has 306 valence electrons. The summed E-state index contributed by atoms with van der Waals surface area (Å²) < 4.78 is 0. The monoisotopic (exact) mass is 745 g/mol. The largest absolute Gasteiger partial charge is 0.269 e. The summed E-state index contributed by atoms with van der Waals surface area (Å²) in [6.07, 6.45) is 46.3. The van der Waals surface area contributed by atoms with Gasteiger partial charge >= 0.3 is 0 Å². The number of carbonyl (C=O) groups excluding carboxylic acids is 2. The van der Waals surface area contributed by atoms with Crippen molar-refractivity contribution in [2.24, 2.45) is 0 Å². The molecule has 0 heterocycles. The van der Waals surface area contributed by atoms with Crippen molar-refractivity contribution < 1.29 is 9.59 Å². The number of rotatable bonds is 36. The third-order valence-corrected chi connectivity index (χ3v) is 11.4. The molecule has 2 rings (SSSR count). The first kappa shape index (κ1) is 47.5. The minimum atomic E-state index is -0.294. The van der Waals surface area contributed by atoms with Crippen LogP contribution in [0.4, 0.5) is 0 Å². The maximum Gasteiger partial charge on any atom is 0.269 e. The molecule has 0 unspecified atom stereocenters. The first-order valence-corrected chi connectivity index (χ1v) is 23.4. The van der Waals surface area contributed by atoms with Crippen LogP contribution in [0.1, 0.15) is 251 Å². The molecule has 4 nitrogen and oxygen atoms in total. The van der Waals surface area contributed by atoms with Crippen LogP contribution in [0, 0.1) is 0 Å². The van der Waals surface area contributed by atoms with E-state index < -0.39 is 0 Å². The SMILES string of the molecule is CCCCCCCCCCCCCCCCCCc1ccc(C(=O)NNC(=O)c2ccc(CCCCCCCCCCCCCCCCCC)cc2)cc1. The fourth-order valence-electron chi connectivity index (χ4n) is 7.66. The van der Waals surface area contributed by atoms with Gasteiger partial charge in [-0.05, 0) is 61.1 Å². The quantitative estimate of drug-likeness (QED) is 0.0539. The molecule has 0 fully saturated rings. The third kappa shape index (κ3) is 26.2. The maximum atomic E-state index is 12.7. The van der Waals surface area contributed by atoms with Gasteiger partial charge in [0.05, 0.1) is 0 Å². The van der Waals surface area contributed by atoms with E-state index in [-0.39, 0.29) is 11.8 Å². The zero-order valence-electron chi connectivity index (χ0n) is 35.5. The molecule has 2 N–H and O–H groups in total. The third-order valence-electron chi connectivity index (χ3n) is 11.4. The number of carbonyl (C=O) groups is 2. The highest BCUT2D eigenvalue weighted by Gasteiger charge is 2.10. The van der Waals surface area contributed by atoms with Crippen LogP contribution in [0.15, 0.2) is 48.5 Å². The van der Waals surface area contributed by atoms with Gasteiger partial charge in [0.2, 0.25) is 0 Å². The van der Waals surface area contributed by atoms with Gasteiger partial charge in [-0.15, -0.1) is 0 Å². The molecule has 0 bridgehead atoms. The van der Waals surface area contributed by atoms with Crippen molar-refractivity contribution in [1.29, 1.82) is 0 Å². The number of aryl methyl sites for hydroxylation is 2. The standard InChI is InChI=1S/C50H84N2O2/c1-3-5-7-9-11-13-15-17-19-21-23-25-27-29-31-33-35-45-37-41-47(42-38-45)49(53)51-52-50(54)48-43-39-46(40-44-48)36-34-32-30-28-26-24-22-20-18-16-14-12-10-8-6-4-2/h37-44H,3-36H2,1-2H3,(H,51,53)(H,52,54). The summed E-state index contributed by atoms with van der Waals surface area (Å²) >= 11 is 0. The Bertz CT molecular complexity index is 1050. The zero-order valence-corrected chi connectivity index (χ0v) is 35.5. The van der Waals surface area contributed by atoms with Gasteiger partial charge in [0, 0.05) is 11.1 Å². The molecule has 0 saturated carbocycles. The van der Waals surface area contributed by atoms with Gasteiger partial charge in [0.25, 0.3) is 11.8 Å².